The number of aryl methyl sites for hydroxylation is 1. The minimum atomic E-state index is 0.637. The summed E-state index contributed by atoms with van der Waals surface area (Å²) in [7, 11) is 0. The number of benzene rings is 1. The zero-order valence-electron chi connectivity index (χ0n) is 10.8. The van der Waals surface area contributed by atoms with Crippen LogP contribution in [0.3, 0.4) is 0 Å². The van der Waals surface area contributed by atoms with Crippen molar-refractivity contribution in [2.45, 2.75) is 12.8 Å². The van der Waals surface area contributed by atoms with E-state index < -0.39 is 0 Å². The molecule has 0 atom stereocenters. The van der Waals surface area contributed by atoms with Gasteiger partial charge in [-0.3, -0.25) is 9.20 Å². The summed E-state index contributed by atoms with van der Waals surface area (Å²) in [6.45, 7) is 0.905. The molecule has 1 aliphatic rings. The first-order valence-electron chi connectivity index (χ1n) is 6.64. The van der Waals surface area contributed by atoms with Crippen LogP contribution in [-0.2, 0) is 6.42 Å². The number of hydrogen-bond donors (Lipinski definition) is 0. The number of fused-ring (bicyclic) bond motifs is 2. The van der Waals surface area contributed by atoms with Crippen molar-refractivity contribution < 1.29 is 4.79 Å². The lowest BCUT2D eigenvalue weighted by atomic mass is 10.0. The summed E-state index contributed by atoms with van der Waals surface area (Å²) in [5.41, 5.74) is 3.14. The van der Waals surface area contributed by atoms with Gasteiger partial charge in [-0.2, -0.15) is 0 Å². The quantitative estimate of drug-likeness (QED) is 0.677. The van der Waals surface area contributed by atoms with Gasteiger partial charge < -0.3 is 4.90 Å². The molecule has 5 heteroatoms. The smallest absolute Gasteiger partial charge is 0.196 e. The summed E-state index contributed by atoms with van der Waals surface area (Å²) >= 11 is 1.55. The number of anilines is 2. The maximum Gasteiger partial charge on any atom is 0.196 e. The Morgan fingerprint density at radius 1 is 1.30 bits per heavy atom. The van der Waals surface area contributed by atoms with E-state index in [1.165, 1.54) is 11.3 Å². The molecule has 1 aliphatic heterocycles. The van der Waals surface area contributed by atoms with Crippen LogP contribution in [0.25, 0.3) is 4.96 Å². The fourth-order valence-electron chi connectivity index (χ4n) is 2.85. The lowest BCUT2D eigenvalue weighted by Gasteiger charge is -2.29. The van der Waals surface area contributed by atoms with Crippen molar-refractivity contribution >= 4 is 34.1 Å². The van der Waals surface area contributed by atoms with Gasteiger partial charge in [-0.25, -0.2) is 4.98 Å². The van der Waals surface area contributed by atoms with Crippen molar-refractivity contribution in [3.8, 4) is 0 Å². The third-order valence-corrected chi connectivity index (χ3v) is 4.51. The second-order valence-electron chi connectivity index (χ2n) is 4.88. The van der Waals surface area contributed by atoms with Crippen LogP contribution in [0.2, 0.25) is 0 Å². The molecule has 0 radical (unpaired) electrons. The predicted molar refractivity (Wildman–Crippen MR) is 80.2 cm³/mol. The molecule has 3 heterocycles. The Bertz CT molecular complexity index is 789. The van der Waals surface area contributed by atoms with Crippen LogP contribution in [0, 0.1) is 0 Å². The minimum Gasteiger partial charge on any atom is -0.324 e. The normalized spacial score (nSPS) is 14.5. The van der Waals surface area contributed by atoms with Crippen molar-refractivity contribution in [3.05, 3.63) is 47.1 Å². The van der Waals surface area contributed by atoms with Gasteiger partial charge in [0.1, 0.15) is 5.69 Å². The molecule has 0 amide bonds. The van der Waals surface area contributed by atoms with Gasteiger partial charge in [-0.05, 0) is 24.5 Å². The Morgan fingerprint density at radius 3 is 3.10 bits per heavy atom. The molecule has 0 N–H and O–H groups in total. The molecule has 20 heavy (non-hydrogen) atoms. The number of aromatic nitrogens is 2. The predicted octanol–water partition coefficient (Wildman–Crippen LogP) is 3.29. The summed E-state index contributed by atoms with van der Waals surface area (Å²) in [6, 6.07) is 8.36. The fourth-order valence-corrected chi connectivity index (χ4v) is 3.57. The molecule has 4 nitrogen and oxygen atoms in total. The highest BCUT2D eigenvalue weighted by Crippen LogP contribution is 2.35. The number of carbonyl (C=O) groups is 1. The van der Waals surface area contributed by atoms with E-state index in [1.807, 2.05) is 22.0 Å². The molecule has 4 rings (SSSR count). The first-order chi connectivity index (χ1) is 9.88. The average Bonchev–Trinajstić information content (AvgIpc) is 3.06. The van der Waals surface area contributed by atoms with Gasteiger partial charge in [-0.15, -0.1) is 11.3 Å². The number of nitrogens with zero attached hydrogens (tertiary/aromatic N) is 3. The molecule has 0 aliphatic carbocycles. The van der Waals surface area contributed by atoms with Gasteiger partial charge in [0.05, 0.1) is 0 Å². The van der Waals surface area contributed by atoms with Crippen LogP contribution in [0.5, 0.6) is 0 Å². The van der Waals surface area contributed by atoms with Crippen molar-refractivity contribution in [2.24, 2.45) is 0 Å². The van der Waals surface area contributed by atoms with E-state index in [9.17, 15) is 4.79 Å². The third-order valence-electron chi connectivity index (χ3n) is 3.76. The average molecular weight is 283 g/mol. The van der Waals surface area contributed by atoms with Crippen LogP contribution in [-0.4, -0.2) is 22.2 Å². The zero-order chi connectivity index (χ0) is 13.5. The number of rotatable bonds is 2. The SMILES string of the molecule is O=Cc1c(N2CCCc3ccccc32)nc2sccn12. The summed E-state index contributed by atoms with van der Waals surface area (Å²) < 4.78 is 1.87. The van der Waals surface area contributed by atoms with Gasteiger partial charge in [0.2, 0.25) is 0 Å². The maximum absolute atomic E-state index is 11.5. The molecule has 3 aromatic rings. The molecule has 0 saturated heterocycles. The number of thiazole rings is 1. The Balaban J connectivity index is 1.92. The molecular weight excluding hydrogens is 270 g/mol. The molecular formula is C15H13N3OS. The van der Waals surface area contributed by atoms with E-state index in [4.69, 9.17) is 0 Å². The Morgan fingerprint density at radius 2 is 2.20 bits per heavy atom. The van der Waals surface area contributed by atoms with Gasteiger partial charge >= 0.3 is 0 Å². The molecule has 1 aromatic carbocycles. The number of imidazole rings is 1. The minimum absolute atomic E-state index is 0.637. The van der Waals surface area contributed by atoms with Gasteiger partial charge in [0, 0.05) is 23.8 Å². The maximum atomic E-state index is 11.5. The van der Waals surface area contributed by atoms with E-state index in [2.05, 4.69) is 28.1 Å². The van der Waals surface area contributed by atoms with Crippen LogP contribution < -0.4 is 4.90 Å². The molecule has 100 valence electrons. The lowest BCUT2D eigenvalue weighted by molar-refractivity contribution is 0.111. The highest BCUT2D eigenvalue weighted by Gasteiger charge is 2.24. The van der Waals surface area contributed by atoms with E-state index in [-0.39, 0.29) is 0 Å². The van der Waals surface area contributed by atoms with Gasteiger partial charge in [0.25, 0.3) is 0 Å². The number of aldehydes is 1. The van der Waals surface area contributed by atoms with E-state index in [0.717, 1.165) is 36.5 Å². The van der Waals surface area contributed by atoms with Crippen LogP contribution >= 0.6 is 11.3 Å². The highest BCUT2D eigenvalue weighted by molar-refractivity contribution is 7.15. The Kier molecular flexibility index (Phi) is 2.60. The zero-order valence-corrected chi connectivity index (χ0v) is 11.6. The van der Waals surface area contributed by atoms with E-state index >= 15 is 0 Å². The number of hydrogen-bond acceptors (Lipinski definition) is 4. The second kappa shape index (κ2) is 4.45. The Hall–Kier alpha value is -2.14. The molecule has 0 unspecified atom stereocenters. The van der Waals surface area contributed by atoms with Crippen LogP contribution in [0.4, 0.5) is 11.5 Å². The monoisotopic (exact) mass is 283 g/mol. The van der Waals surface area contributed by atoms with Crippen molar-refractivity contribution in [1.29, 1.82) is 0 Å². The topological polar surface area (TPSA) is 37.6 Å². The summed E-state index contributed by atoms with van der Waals surface area (Å²) in [5, 5.41) is 1.95. The van der Waals surface area contributed by atoms with Gasteiger partial charge in [-0.1, -0.05) is 18.2 Å². The van der Waals surface area contributed by atoms with Crippen LogP contribution in [0.1, 0.15) is 22.5 Å². The molecule has 0 spiro atoms. The highest BCUT2D eigenvalue weighted by atomic mass is 32.1. The number of para-hydroxylation sites is 1. The lowest BCUT2D eigenvalue weighted by Crippen LogP contribution is -2.25. The van der Waals surface area contributed by atoms with E-state index in [0.29, 0.717) is 5.69 Å². The molecule has 0 fully saturated rings. The van der Waals surface area contributed by atoms with Crippen molar-refractivity contribution in [3.63, 3.8) is 0 Å². The fraction of sp³-hybridized carbons (Fsp3) is 0.200. The Labute approximate surface area is 120 Å². The second-order valence-corrected chi connectivity index (χ2v) is 5.75. The molecule has 0 bridgehead atoms. The van der Waals surface area contributed by atoms with Crippen LogP contribution in [0.15, 0.2) is 35.8 Å². The summed E-state index contributed by atoms with van der Waals surface area (Å²) in [4.78, 5) is 19.1. The number of carbonyl (C=O) groups excluding carboxylic acids is 1. The third kappa shape index (κ3) is 1.59. The van der Waals surface area contributed by atoms with Crippen molar-refractivity contribution in [1.82, 2.24) is 9.38 Å². The molecule has 0 saturated carbocycles. The first kappa shape index (κ1) is 11.7. The van der Waals surface area contributed by atoms with Crippen molar-refractivity contribution in [2.75, 3.05) is 11.4 Å². The van der Waals surface area contributed by atoms with Gasteiger partial charge in [0.15, 0.2) is 17.1 Å². The first-order valence-corrected chi connectivity index (χ1v) is 7.52. The standard InChI is InChI=1S/C15H13N3OS/c19-10-13-14(16-15-18(13)8-9-20-15)17-7-3-5-11-4-1-2-6-12(11)17/h1-2,4,6,8-10H,3,5,7H2. The largest absolute Gasteiger partial charge is 0.324 e. The van der Waals surface area contributed by atoms with E-state index in [1.54, 1.807) is 11.3 Å². The summed E-state index contributed by atoms with van der Waals surface area (Å²) in [5.74, 6) is 0.777. The molecule has 2 aromatic heterocycles. The summed E-state index contributed by atoms with van der Waals surface area (Å²) in [6.07, 6.45) is 4.97.